The van der Waals surface area contributed by atoms with Crippen LogP contribution in [0.5, 0.6) is 0 Å². The van der Waals surface area contributed by atoms with Crippen LogP contribution in [-0.2, 0) is 4.79 Å². The molecule has 1 rings (SSSR count). The first-order valence-corrected chi connectivity index (χ1v) is 4.04. The number of anilines is 1. The van der Waals surface area contributed by atoms with Gasteiger partial charge in [0.1, 0.15) is 6.29 Å². The fourth-order valence-electron chi connectivity index (χ4n) is 1.11. The molecule has 0 aliphatic heterocycles. The van der Waals surface area contributed by atoms with Crippen LogP contribution < -0.4 is 5.73 Å². The Balaban J connectivity index is 3.19. The molecule has 0 amide bonds. The molecule has 5 heteroatoms. The van der Waals surface area contributed by atoms with Crippen molar-refractivity contribution in [2.24, 2.45) is 0 Å². The lowest BCUT2D eigenvalue weighted by molar-refractivity contribution is -0.384. The zero-order valence-electron chi connectivity index (χ0n) is 7.64. The zero-order valence-corrected chi connectivity index (χ0v) is 7.64. The third-order valence-electron chi connectivity index (χ3n) is 1.90. The van der Waals surface area contributed by atoms with Crippen LogP contribution in [0.2, 0.25) is 0 Å². The van der Waals surface area contributed by atoms with Gasteiger partial charge in [-0.25, -0.2) is 0 Å². The van der Waals surface area contributed by atoms with E-state index in [0.29, 0.717) is 11.3 Å². The van der Waals surface area contributed by atoms with Crippen LogP contribution in [0.1, 0.15) is 18.4 Å². The number of nitrogen functional groups attached to an aromatic ring is 1. The Bertz CT molecular complexity index is 376. The summed E-state index contributed by atoms with van der Waals surface area (Å²) in [5, 5.41) is 10.5. The third-order valence-corrected chi connectivity index (χ3v) is 1.90. The number of nitrogens with zero attached hydrogens (tertiary/aromatic N) is 1. The van der Waals surface area contributed by atoms with E-state index in [4.69, 9.17) is 5.73 Å². The summed E-state index contributed by atoms with van der Waals surface area (Å²) in [6, 6.07) is 4.18. The Hall–Kier alpha value is -1.91. The molecule has 0 aliphatic rings. The van der Waals surface area contributed by atoms with Crippen LogP contribution >= 0.6 is 0 Å². The average molecular weight is 194 g/mol. The van der Waals surface area contributed by atoms with Crippen molar-refractivity contribution in [1.29, 1.82) is 0 Å². The molecule has 14 heavy (non-hydrogen) atoms. The molecule has 0 heterocycles. The molecule has 5 nitrogen and oxygen atoms in total. The largest absolute Gasteiger partial charge is 0.399 e. The second kappa shape index (κ2) is 3.87. The maximum absolute atomic E-state index is 10.5. The topological polar surface area (TPSA) is 86.2 Å². The molecule has 0 fully saturated rings. The number of carbonyl (C=O) groups is 1. The molecule has 0 saturated carbocycles. The standard InChI is InChI=1S/C9H10N2O3/c1-6(5-12)7-2-8(10)4-9(3-7)11(13)14/h2-6H,10H2,1H3. The number of hydrogen-bond acceptors (Lipinski definition) is 4. The van der Waals surface area contributed by atoms with Crippen molar-refractivity contribution in [2.45, 2.75) is 12.8 Å². The normalized spacial score (nSPS) is 12.1. The zero-order chi connectivity index (χ0) is 10.7. The van der Waals surface area contributed by atoms with Gasteiger partial charge < -0.3 is 10.5 Å². The Morgan fingerprint density at radius 1 is 1.50 bits per heavy atom. The van der Waals surface area contributed by atoms with Gasteiger partial charge >= 0.3 is 0 Å². The summed E-state index contributed by atoms with van der Waals surface area (Å²) < 4.78 is 0. The number of rotatable bonds is 3. The second-order valence-corrected chi connectivity index (χ2v) is 3.04. The SMILES string of the molecule is CC(C=O)c1cc(N)cc([N+](=O)[O-])c1. The molecule has 1 aromatic rings. The molecule has 2 N–H and O–H groups in total. The fraction of sp³-hybridized carbons (Fsp3) is 0.222. The minimum Gasteiger partial charge on any atom is -0.399 e. The van der Waals surface area contributed by atoms with Gasteiger partial charge in [-0.3, -0.25) is 10.1 Å². The lowest BCUT2D eigenvalue weighted by atomic mass is 10.0. The van der Waals surface area contributed by atoms with Crippen molar-refractivity contribution in [3.8, 4) is 0 Å². The monoisotopic (exact) mass is 194 g/mol. The smallest absolute Gasteiger partial charge is 0.271 e. The van der Waals surface area contributed by atoms with E-state index >= 15 is 0 Å². The number of hydrogen-bond donors (Lipinski definition) is 1. The maximum atomic E-state index is 10.5. The molecule has 0 aromatic heterocycles. The van der Waals surface area contributed by atoms with Crippen molar-refractivity contribution in [3.05, 3.63) is 33.9 Å². The predicted octanol–water partition coefficient (Wildman–Crippen LogP) is 1.48. The highest BCUT2D eigenvalue weighted by atomic mass is 16.6. The summed E-state index contributed by atoms with van der Waals surface area (Å²) in [7, 11) is 0. The predicted molar refractivity (Wildman–Crippen MR) is 52.0 cm³/mol. The minimum atomic E-state index is -0.530. The highest BCUT2D eigenvalue weighted by Crippen LogP contribution is 2.23. The molecule has 1 atom stereocenters. The first kappa shape index (κ1) is 10.2. The number of nitro groups is 1. The van der Waals surface area contributed by atoms with Crippen LogP contribution in [0.3, 0.4) is 0 Å². The van der Waals surface area contributed by atoms with Gasteiger partial charge in [0.05, 0.1) is 4.92 Å². The van der Waals surface area contributed by atoms with E-state index in [2.05, 4.69) is 0 Å². The van der Waals surface area contributed by atoms with Gasteiger partial charge in [0.15, 0.2) is 0 Å². The van der Waals surface area contributed by atoms with E-state index in [0.717, 1.165) is 6.29 Å². The summed E-state index contributed by atoms with van der Waals surface area (Å²) >= 11 is 0. The van der Waals surface area contributed by atoms with Crippen LogP contribution in [-0.4, -0.2) is 11.2 Å². The molecular weight excluding hydrogens is 184 g/mol. The van der Waals surface area contributed by atoms with Gasteiger partial charge in [0.25, 0.3) is 5.69 Å². The molecule has 0 spiro atoms. The summed E-state index contributed by atoms with van der Waals surface area (Å²) in [6.07, 6.45) is 0.721. The number of nitro benzene ring substituents is 1. The molecule has 1 aromatic carbocycles. The van der Waals surface area contributed by atoms with Crippen molar-refractivity contribution in [2.75, 3.05) is 5.73 Å². The van der Waals surface area contributed by atoms with Gasteiger partial charge in [0.2, 0.25) is 0 Å². The Morgan fingerprint density at radius 2 is 2.14 bits per heavy atom. The van der Waals surface area contributed by atoms with E-state index in [1.54, 1.807) is 13.0 Å². The lowest BCUT2D eigenvalue weighted by Crippen LogP contribution is -1.99. The van der Waals surface area contributed by atoms with Crippen molar-refractivity contribution < 1.29 is 9.72 Å². The van der Waals surface area contributed by atoms with Gasteiger partial charge in [-0.15, -0.1) is 0 Å². The summed E-state index contributed by atoms with van der Waals surface area (Å²) in [5.41, 5.74) is 6.24. The fourth-order valence-corrected chi connectivity index (χ4v) is 1.11. The van der Waals surface area contributed by atoms with Crippen LogP contribution in [0.4, 0.5) is 11.4 Å². The number of aldehydes is 1. The molecule has 0 aliphatic carbocycles. The number of nitrogens with two attached hydrogens (primary N) is 1. The lowest BCUT2D eigenvalue weighted by Gasteiger charge is -2.04. The van der Waals surface area contributed by atoms with Gasteiger partial charge in [-0.05, 0) is 11.6 Å². The number of carbonyl (C=O) groups excluding carboxylic acids is 1. The average Bonchev–Trinajstić information content (AvgIpc) is 2.15. The first-order chi connectivity index (χ1) is 6.54. The summed E-state index contributed by atoms with van der Waals surface area (Å²) in [6.45, 7) is 1.66. The van der Waals surface area contributed by atoms with E-state index in [9.17, 15) is 14.9 Å². The third kappa shape index (κ3) is 2.07. The Morgan fingerprint density at radius 3 is 2.64 bits per heavy atom. The Labute approximate surface area is 80.7 Å². The van der Waals surface area contributed by atoms with Crippen LogP contribution in [0.25, 0.3) is 0 Å². The van der Waals surface area contributed by atoms with Crippen LogP contribution in [0.15, 0.2) is 18.2 Å². The van der Waals surface area contributed by atoms with Gasteiger partial charge in [0, 0.05) is 23.7 Å². The highest BCUT2D eigenvalue weighted by Gasteiger charge is 2.11. The maximum Gasteiger partial charge on any atom is 0.271 e. The molecule has 0 saturated heterocycles. The van der Waals surface area contributed by atoms with E-state index in [1.807, 2.05) is 0 Å². The summed E-state index contributed by atoms with van der Waals surface area (Å²) in [4.78, 5) is 20.4. The first-order valence-electron chi connectivity index (χ1n) is 4.04. The van der Waals surface area contributed by atoms with Crippen molar-refractivity contribution >= 4 is 17.7 Å². The quantitative estimate of drug-likeness (QED) is 0.341. The van der Waals surface area contributed by atoms with E-state index < -0.39 is 4.92 Å². The van der Waals surface area contributed by atoms with Crippen molar-refractivity contribution in [1.82, 2.24) is 0 Å². The highest BCUT2D eigenvalue weighted by molar-refractivity contribution is 5.64. The van der Waals surface area contributed by atoms with Gasteiger partial charge in [-0.1, -0.05) is 6.92 Å². The van der Waals surface area contributed by atoms with E-state index in [1.165, 1.54) is 12.1 Å². The molecule has 1 unspecified atom stereocenters. The molecule has 74 valence electrons. The second-order valence-electron chi connectivity index (χ2n) is 3.04. The molecule has 0 radical (unpaired) electrons. The Kier molecular flexibility index (Phi) is 2.81. The number of benzene rings is 1. The van der Waals surface area contributed by atoms with Crippen molar-refractivity contribution in [3.63, 3.8) is 0 Å². The van der Waals surface area contributed by atoms with Gasteiger partial charge in [-0.2, -0.15) is 0 Å². The number of non-ortho nitro benzene ring substituents is 1. The van der Waals surface area contributed by atoms with Crippen LogP contribution in [0, 0.1) is 10.1 Å². The molecular formula is C9H10N2O3. The summed E-state index contributed by atoms with van der Waals surface area (Å²) in [5.74, 6) is -0.378. The van der Waals surface area contributed by atoms with E-state index in [-0.39, 0.29) is 11.6 Å². The minimum absolute atomic E-state index is 0.0892. The molecule has 0 bridgehead atoms.